The number of aromatic nitrogens is 1. The molecule has 2 aromatic carbocycles. The summed E-state index contributed by atoms with van der Waals surface area (Å²) in [4.78, 5) is 38.7. The molecule has 41 heavy (non-hydrogen) atoms. The van der Waals surface area contributed by atoms with Crippen molar-refractivity contribution in [1.82, 2.24) is 9.88 Å². The zero-order chi connectivity index (χ0) is 29.8. The third kappa shape index (κ3) is 5.38. The van der Waals surface area contributed by atoms with Gasteiger partial charge in [-0.15, -0.1) is 0 Å². The monoisotopic (exact) mass is 569 g/mol. The first-order valence-corrected chi connectivity index (χ1v) is 13.4. The van der Waals surface area contributed by atoms with Crippen LogP contribution in [-0.2, 0) is 4.74 Å². The molecule has 6 N–H and O–H groups in total. The number of amides is 1. The van der Waals surface area contributed by atoms with E-state index in [0.717, 1.165) is 11.8 Å². The summed E-state index contributed by atoms with van der Waals surface area (Å²) < 4.78 is 39.0. The molecular weight excluding hydrogens is 536 g/mol. The molecule has 2 heterocycles. The molecule has 1 saturated heterocycles. The molecule has 5 rings (SSSR count). The van der Waals surface area contributed by atoms with Crippen LogP contribution in [0.1, 0.15) is 61.5 Å². The smallest absolute Gasteiger partial charge is 0.407 e. The molecular formula is C29H33F2N5O5. The number of halogens is 2. The van der Waals surface area contributed by atoms with Crippen LogP contribution in [0.4, 0.5) is 30.6 Å². The number of carbonyl (C=O) groups excluding carboxylic acids is 1. The largest absolute Gasteiger partial charge is 0.477 e. The minimum absolute atomic E-state index is 0.157. The molecule has 1 aliphatic heterocycles. The van der Waals surface area contributed by atoms with Gasteiger partial charge in [-0.1, -0.05) is 12.1 Å². The number of nitrogens with one attached hydrogen (secondary N) is 1. The summed E-state index contributed by atoms with van der Waals surface area (Å²) in [5.74, 6) is -4.14. The number of rotatable bonds is 6. The zero-order valence-corrected chi connectivity index (χ0v) is 23.0. The second-order valence-electron chi connectivity index (χ2n) is 11.8. The number of carbonyl (C=O) groups is 2. The van der Waals surface area contributed by atoms with Crippen molar-refractivity contribution < 1.29 is 28.2 Å². The highest BCUT2D eigenvalue weighted by molar-refractivity contribution is 5.99. The van der Waals surface area contributed by atoms with Crippen molar-refractivity contribution in [2.24, 2.45) is 5.92 Å². The van der Waals surface area contributed by atoms with Gasteiger partial charge in [-0.25, -0.2) is 18.4 Å². The second kappa shape index (κ2) is 10.2. The van der Waals surface area contributed by atoms with Crippen LogP contribution in [0, 0.1) is 17.6 Å². The Balaban J connectivity index is 1.58. The van der Waals surface area contributed by atoms with Gasteiger partial charge in [-0.05, 0) is 51.3 Å². The molecule has 218 valence electrons. The van der Waals surface area contributed by atoms with Gasteiger partial charge in [0.2, 0.25) is 5.43 Å². The van der Waals surface area contributed by atoms with Crippen LogP contribution < -0.4 is 27.1 Å². The van der Waals surface area contributed by atoms with Gasteiger partial charge in [0.15, 0.2) is 11.6 Å². The number of nitrogen functional groups attached to an aromatic ring is 2. The van der Waals surface area contributed by atoms with E-state index in [9.17, 15) is 19.5 Å². The lowest BCUT2D eigenvalue weighted by atomic mass is 9.89. The Morgan fingerprint density at radius 3 is 2.34 bits per heavy atom. The SMILES string of the molecule is CC(C)(C)OC(=O)NC[C@@H]1CN(c2c(F)c(N)c3c(=O)c(C(=O)O)cn(C4CC4)c3c2F)C[C@H]1c1ccc(N)cc1. The normalized spacial score (nSPS) is 19.0. The van der Waals surface area contributed by atoms with E-state index in [1.807, 2.05) is 12.1 Å². The fourth-order valence-corrected chi connectivity index (χ4v) is 5.53. The summed E-state index contributed by atoms with van der Waals surface area (Å²) >= 11 is 0. The van der Waals surface area contributed by atoms with Crippen molar-refractivity contribution in [3.05, 3.63) is 63.4 Å². The number of nitrogens with two attached hydrogens (primary N) is 2. The van der Waals surface area contributed by atoms with Crippen molar-refractivity contribution in [2.45, 2.75) is 51.2 Å². The van der Waals surface area contributed by atoms with Gasteiger partial charge >= 0.3 is 12.1 Å². The fourth-order valence-electron chi connectivity index (χ4n) is 5.53. The first kappa shape index (κ1) is 28.2. The molecule has 1 saturated carbocycles. The Morgan fingerprint density at radius 1 is 1.10 bits per heavy atom. The van der Waals surface area contributed by atoms with Gasteiger partial charge in [-0.2, -0.15) is 0 Å². The molecule has 0 radical (unpaired) electrons. The number of carboxylic acids is 1. The lowest BCUT2D eigenvalue weighted by molar-refractivity contribution is 0.0518. The number of fused-ring (bicyclic) bond motifs is 1. The number of aromatic carboxylic acids is 1. The lowest BCUT2D eigenvalue weighted by Gasteiger charge is -2.24. The molecule has 0 unspecified atom stereocenters. The van der Waals surface area contributed by atoms with Gasteiger partial charge in [-0.3, -0.25) is 4.79 Å². The van der Waals surface area contributed by atoms with Crippen LogP contribution in [0.15, 0.2) is 35.3 Å². The highest BCUT2D eigenvalue weighted by Crippen LogP contribution is 2.44. The van der Waals surface area contributed by atoms with Crippen LogP contribution in [0.5, 0.6) is 0 Å². The van der Waals surface area contributed by atoms with E-state index in [1.54, 1.807) is 32.9 Å². The molecule has 0 spiro atoms. The van der Waals surface area contributed by atoms with E-state index in [1.165, 1.54) is 9.47 Å². The van der Waals surface area contributed by atoms with Crippen LogP contribution in [0.25, 0.3) is 10.9 Å². The van der Waals surface area contributed by atoms with E-state index in [2.05, 4.69) is 5.32 Å². The molecule has 1 aliphatic carbocycles. The Morgan fingerprint density at radius 2 is 1.76 bits per heavy atom. The highest BCUT2D eigenvalue weighted by Gasteiger charge is 2.39. The summed E-state index contributed by atoms with van der Waals surface area (Å²) in [7, 11) is 0. The van der Waals surface area contributed by atoms with Crippen molar-refractivity contribution in [1.29, 1.82) is 0 Å². The summed E-state index contributed by atoms with van der Waals surface area (Å²) in [6.45, 7) is 5.75. The molecule has 2 aliphatic rings. The van der Waals surface area contributed by atoms with Crippen LogP contribution in [0.3, 0.4) is 0 Å². The zero-order valence-electron chi connectivity index (χ0n) is 23.0. The molecule has 1 amide bonds. The maximum Gasteiger partial charge on any atom is 0.407 e. The summed E-state index contributed by atoms with van der Waals surface area (Å²) in [6.07, 6.45) is 1.82. The van der Waals surface area contributed by atoms with Gasteiger partial charge in [0.1, 0.15) is 16.9 Å². The maximum atomic E-state index is 16.4. The molecule has 10 nitrogen and oxygen atoms in total. The minimum Gasteiger partial charge on any atom is -0.477 e. The Bertz CT molecular complexity index is 1590. The van der Waals surface area contributed by atoms with Crippen LogP contribution >= 0.6 is 0 Å². The topological polar surface area (TPSA) is 153 Å². The van der Waals surface area contributed by atoms with Crippen molar-refractivity contribution in [3.63, 3.8) is 0 Å². The molecule has 2 atom stereocenters. The third-order valence-electron chi connectivity index (χ3n) is 7.56. The maximum absolute atomic E-state index is 16.4. The number of anilines is 3. The minimum atomic E-state index is -1.50. The Hall–Kier alpha value is -4.35. The fraction of sp³-hybridized carbons (Fsp3) is 0.414. The first-order chi connectivity index (χ1) is 19.3. The highest BCUT2D eigenvalue weighted by atomic mass is 19.1. The molecule has 1 aromatic heterocycles. The average molecular weight is 570 g/mol. The van der Waals surface area contributed by atoms with E-state index < -0.39 is 57.1 Å². The van der Waals surface area contributed by atoms with Crippen molar-refractivity contribution in [2.75, 3.05) is 36.0 Å². The first-order valence-electron chi connectivity index (χ1n) is 13.4. The number of pyridine rings is 1. The van der Waals surface area contributed by atoms with Gasteiger partial charge in [0.25, 0.3) is 0 Å². The molecule has 12 heteroatoms. The second-order valence-corrected chi connectivity index (χ2v) is 11.8. The lowest BCUT2D eigenvalue weighted by Crippen LogP contribution is -2.37. The number of ether oxygens (including phenoxy) is 1. The predicted molar refractivity (Wildman–Crippen MR) is 151 cm³/mol. The van der Waals surface area contributed by atoms with E-state index in [4.69, 9.17) is 16.2 Å². The molecule has 3 aromatic rings. The number of alkyl carbamates (subject to hydrolysis) is 1. The van der Waals surface area contributed by atoms with E-state index in [-0.39, 0.29) is 43.0 Å². The van der Waals surface area contributed by atoms with Crippen LogP contribution in [-0.4, -0.2) is 47.0 Å². The van der Waals surface area contributed by atoms with Crippen molar-refractivity contribution in [3.8, 4) is 0 Å². The average Bonchev–Trinajstić information content (AvgIpc) is 3.65. The Kier molecular flexibility index (Phi) is 7.04. The number of carboxylic acid groups (broad SMARTS) is 1. The number of benzene rings is 2. The van der Waals surface area contributed by atoms with Crippen molar-refractivity contribution >= 4 is 40.0 Å². The van der Waals surface area contributed by atoms with E-state index >= 15 is 8.78 Å². The Labute approximate surface area is 234 Å². The van der Waals surface area contributed by atoms with Gasteiger partial charge in [0.05, 0.1) is 16.6 Å². The number of hydrogen-bond donors (Lipinski definition) is 4. The standard InChI is InChI=1S/C29H33F2N5O5/c1-29(2,3)41-28(40)34-10-15-11-35(12-18(15)14-4-6-16(32)7-5-14)25-21(30)23(33)20-24(22(25)31)36(17-8-9-17)13-19(26(20)37)27(38)39/h4-7,13,15,17-18H,8-12,32-33H2,1-3H3,(H,34,40)(H,38,39)/t15-,18+/m1/s1. The van der Waals surface area contributed by atoms with Gasteiger partial charge < -0.3 is 36.1 Å². The molecule has 0 bridgehead atoms. The predicted octanol–water partition coefficient (Wildman–Crippen LogP) is 4.22. The number of nitrogens with zero attached hydrogens (tertiary/aromatic N) is 2. The summed E-state index contributed by atoms with van der Waals surface area (Å²) in [5, 5.41) is 11.8. The quantitative estimate of drug-likeness (QED) is 0.322. The summed E-state index contributed by atoms with van der Waals surface area (Å²) in [5.41, 5.74) is 9.87. The number of hydrogen-bond acceptors (Lipinski definition) is 7. The van der Waals surface area contributed by atoms with Gasteiger partial charge in [0, 0.05) is 49.4 Å². The van der Waals surface area contributed by atoms with E-state index in [0.29, 0.717) is 18.5 Å². The van der Waals surface area contributed by atoms with Crippen LogP contribution in [0.2, 0.25) is 0 Å². The third-order valence-corrected chi connectivity index (χ3v) is 7.56. The summed E-state index contributed by atoms with van der Waals surface area (Å²) in [6, 6.07) is 6.92. The molecule has 2 fully saturated rings.